The smallest absolute Gasteiger partial charge is 0.339 e. The molecule has 0 aromatic heterocycles. The highest BCUT2D eigenvalue weighted by Crippen LogP contribution is 2.31. The van der Waals surface area contributed by atoms with E-state index in [1.54, 1.807) is 55.4 Å². The summed E-state index contributed by atoms with van der Waals surface area (Å²) >= 11 is 0. The third kappa shape index (κ3) is 5.63. The van der Waals surface area contributed by atoms with Crippen LogP contribution in [0.1, 0.15) is 55.4 Å². The Hall–Kier alpha value is -1.14. The molecule has 0 N–H and O–H groups in total. The summed E-state index contributed by atoms with van der Waals surface area (Å²) in [5, 5.41) is 0. The lowest BCUT2D eigenvalue weighted by Crippen LogP contribution is -2.43. The zero-order valence-electron chi connectivity index (χ0n) is 14.1. The predicted octanol–water partition coefficient (Wildman–Crippen LogP) is 2.19. The molecule has 1 saturated heterocycles. The Morgan fingerprint density at radius 3 is 1.33 bits per heavy atom. The third-order valence-corrected chi connectivity index (χ3v) is 2.37. The minimum Gasteiger partial charge on any atom is -0.458 e. The molecule has 0 amide bonds. The number of carbonyl (C=O) groups is 2. The Bertz CT molecular complexity index is 375. The molecule has 0 saturated carbocycles. The van der Waals surface area contributed by atoms with Gasteiger partial charge in [-0.1, -0.05) is 0 Å². The van der Waals surface area contributed by atoms with E-state index in [0.717, 1.165) is 0 Å². The normalized spacial score (nSPS) is 25.5. The van der Waals surface area contributed by atoms with Crippen LogP contribution < -0.4 is 0 Å². The van der Waals surface area contributed by atoms with Crippen LogP contribution in [-0.4, -0.2) is 41.1 Å². The largest absolute Gasteiger partial charge is 0.458 e. The van der Waals surface area contributed by atoms with Crippen LogP contribution in [0.25, 0.3) is 0 Å². The summed E-state index contributed by atoms with van der Waals surface area (Å²) in [6.45, 7) is 13.7. The highest BCUT2D eigenvalue weighted by atomic mass is 16.8. The van der Waals surface area contributed by atoms with E-state index >= 15 is 0 Å². The first-order valence-corrected chi connectivity index (χ1v) is 7.02. The maximum absolute atomic E-state index is 12.2. The fraction of sp³-hybridized carbons (Fsp3) is 0.867. The van der Waals surface area contributed by atoms with Crippen molar-refractivity contribution in [3.8, 4) is 0 Å². The van der Waals surface area contributed by atoms with E-state index in [4.69, 9.17) is 18.9 Å². The minimum atomic E-state index is -1.13. The van der Waals surface area contributed by atoms with Crippen molar-refractivity contribution in [1.29, 1.82) is 0 Å². The van der Waals surface area contributed by atoms with Crippen molar-refractivity contribution < 1.29 is 28.5 Å². The van der Waals surface area contributed by atoms with Gasteiger partial charge in [-0.2, -0.15) is 0 Å². The van der Waals surface area contributed by atoms with Crippen molar-refractivity contribution in [2.24, 2.45) is 0 Å². The first-order valence-electron chi connectivity index (χ1n) is 7.02. The standard InChI is InChI=1S/C15H26O6/c1-13(2,3)20-11(16)9-10(19-15(7,8)18-9)12(17)21-14(4,5)6/h9-10H,1-8H3/t9-,10+. The minimum absolute atomic E-state index is 0.635. The topological polar surface area (TPSA) is 71.1 Å². The Morgan fingerprint density at radius 2 is 1.10 bits per heavy atom. The fourth-order valence-electron chi connectivity index (χ4n) is 1.83. The SMILES string of the molecule is CC(C)(C)OC(=O)[C@H]1OC(C)(C)O[C@H]1C(=O)OC(C)(C)C. The molecular formula is C15H26O6. The second-order valence-electron chi connectivity index (χ2n) is 7.54. The highest BCUT2D eigenvalue weighted by molar-refractivity contribution is 5.86. The highest BCUT2D eigenvalue weighted by Gasteiger charge is 2.51. The molecule has 0 aromatic carbocycles. The number of rotatable bonds is 2. The molecule has 0 aliphatic carbocycles. The Balaban J connectivity index is 2.89. The molecule has 1 heterocycles. The number of hydrogen-bond acceptors (Lipinski definition) is 6. The summed E-state index contributed by atoms with van der Waals surface area (Å²) in [4.78, 5) is 24.4. The van der Waals surface area contributed by atoms with Gasteiger partial charge < -0.3 is 18.9 Å². The van der Waals surface area contributed by atoms with Gasteiger partial charge >= 0.3 is 11.9 Å². The van der Waals surface area contributed by atoms with E-state index in [9.17, 15) is 9.59 Å². The molecule has 1 aliphatic rings. The molecule has 1 aliphatic heterocycles. The van der Waals surface area contributed by atoms with Crippen molar-refractivity contribution in [2.75, 3.05) is 0 Å². The van der Waals surface area contributed by atoms with E-state index in [2.05, 4.69) is 0 Å². The van der Waals surface area contributed by atoms with Gasteiger partial charge in [0, 0.05) is 0 Å². The van der Waals surface area contributed by atoms with Crippen LogP contribution in [0, 0.1) is 0 Å². The van der Waals surface area contributed by atoms with Crippen LogP contribution in [0.5, 0.6) is 0 Å². The lowest BCUT2D eigenvalue weighted by Gasteiger charge is -2.25. The molecule has 1 fully saturated rings. The number of hydrogen-bond donors (Lipinski definition) is 0. The van der Waals surface area contributed by atoms with Gasteiger partial charge in [-0.05, 0) is 55.4 Å². The predicted molar refractivity (Wildman–Crippen MR) is 75.5 cm³/mol. The van der Waals surface area contributed by atoms with Crippen molar-refractivity contribution in [1.82, 2.24) is 0 Å². The van der Waals surface area contributed by atoms with Crippen LogP contribution in [0.3, 0.4) is 0 Å². The fourth-order valence-corrected chi connectivity index (χ4v) is 1.83. The van der Waals surface area contributed by atoms with Crippen LogP contribution in [-0.2, 0) is 28.5 Å². The molecular weight excluding hydrogens is 276 g/mol. The van der Waals surface area contributed by atoms with Gasteiger partial charge in [0.15, 0.2) is 18.0 Å². The van der Waals surface area contributed by atoms with Gasteiger partial charge in [0.25, 0.3) is 0 Å². The maximum Gasteiger partial charge on any atom is 0.339 e. The summed E-state index contributed by atoms with van der Waals surface area (Å²) in [5.41, 5.74) is -1.35. The zero-order valence-corrected chi connectivity index (χ0v) is 14.1. The molecule has 0 spiro atoms. The first kappa shape index (κ1) is 17.9. The number of esters is 2. The molecule has 0 aromatic rings. The molecule has 0 unspecified atom stereocenters. The molecule has 122 valence electrons. The first-order chi connectivity index (χ1) is 9.20. The average Bonchev–Trinajstić information content (AvgIpc) is 2.49. The van der Waals surface area contributed by atoms with E-state index < -0.39 is 41.1 Å². The van der Waals surface area contributed by atoms with Crippen LogP contribution in [0.15, 0.2) is 0 Å². The van der Waals surface area contributed by atoms with Crippen molar-refractivity contribution >= 4 is 11.9 Å². The molecule has 21 heavy (non-hydrogen) atoms. The summed E-state index contributed by atoms with van der Waals surface area (Å²) in [5.74, 6) is -2.32. The quantitative estimate of drug-likeness (QED) is 0.728. The van der Waals surface area contributed by atoms with Crippen LogP contribution in [0.4, 0.5) is 0 Å². The van der Waals surface area contributed by atoms with E-state index in [0.29, 0.717) is 0 Å². The summed E-state index contributed by atoms with van der Waals surface area (Å²) < 4.78 is 21.6. The Kier molecular flexibility index (Phi) is 4.75. The van der Waals surface area contributed by atoms with Gasteiger partial charge in [-0.3, -0.25) is 0 Å². The molecule has 6 nitrogen and oxygen atoms in total. The second kappa shape index (κ2) is 5.57. The zero-order chi connectivity index (χ0) is 16.6. The number of carbonyl (C=O) groups excluding carboxylic acids is 2. The van der Waals surface area contributed by atoms with Gasteiger partial charge in [0.1, 0.15) is 11.2 Å². The number of ether oxygens (including phenoxy) is 4. The molecule has 0 radical (unpaired) electrons. The molecule has 1 rings (SSSR count). The molecule has 2 atom stereocenters. The van der Waals surface area contributed by atoms with Crippen molar-refractivity contribution in [3.63, 3.8) is 0 Å². The Labute approximate surface area is 126 Å². The molecule has 0 bridgehead atoms. The van der Waals surface area contributed by atoms with Gasteiger partial charge in [-0.25, -0.2) is 9.59 Å². The van der Waals surface area contributed by atoms with E-state index in [1.807, 2.05) is 0 Å². The second-order valence-corrected chi connectivity index (χ2v) is 7.54. The van der Waals surface area contributed by atoms with Gasteiger partial charge in [0.05, 0.1) is 0 Å². The van der Waals surface area contributed by atoms with Gasteiger partial charge in [0.2, 0.25) is 0 Å². The van der Waals surface area contributed by atoms with Crippen molar-refractivity contribution in [2.45, 2.75) is 84.6 Å². The maximum atomic E-state index is 12.2. The molecule has 6 heteroatoms. The summed E-state index contributed by atoms with van der Waals surface area (Å²) in [6.07, 6.45) is -2.26. The average molecular weight is 302 g/mol. The lowest BCUT2D eigenvalue weighted by atomic mass is 10.1. The summed E-state index contributed by atoms with van der Waals surface area (Å²) in [6, 6.07) is 0. The Morgan fingerprint density at radius 1 is 0.810 bits per heavy atom. The van der Waals surface area contributed by atoms with Crippen LogP contribution >= 0.6 is 0 Å². The van der Waals surface area contributed by atoms with Crippen molar-refractivity contribution in [3.05, 3.63) is 0 Å². The van der Waals surface area contributed by atoms with Gasteiger partial charge in [-0.15, -0.1) is 0 Å². The van der Waals surface area contributed by atoms with E-state index in [1.165, 1.54) is 0 Å². The summed E-state index contributed by atoms with van der Waals surface area (Å²) in [7, 11) is 0. The van der Waals surface area contributed by atoms with E-state index in [-0.39, 0.29) is 0 Å². The lowest BCUT2D eigenvalue weighted by molar-refractivity contribution is -0.180. The third-order valence-electron chi connectivity index (χ3n) is 2.37. The van der Waals surface area contributed by atoms with Crippen LogP contribution in [0.2, 0.25) is 0 Å². The monoisotopic (exact) mass is 302 g/mol.